The van der Waals surface area contributed by atoms with Gasteiger partial charge >= 0.3 is 0 Å². The van der Waals surface area contributed by atoms with Crippen LogP contribution in [-0.2, 0) is 13.1 Å². The number of nitrogens with one attached hydrogen (secondary N) is 1. The highest BCUT2D eigenvalue weighted by atomic mass is 35.5. The first-order chi connectivity index (χ1) is 11.0. The van der Waals surface area contributed by atoms with Crippen LogP contribution < -0.4 is 0 Å². The van der Waals surface area contributed by atoms with Gasteiger partial charge in [0.25, 0.3) is 0 Å². The number of hydrogen-bond acceptors (Lipinski definition) is 3. The average molecular weight is 333 g/mol. The molecule has 0 radical (unpaired) electrons. The number of likely N-dealkylation sites (tertiary alicyclic amines) is 1. The summed E-state index contributed by atoms with van der Waals surface area (Å²) in [5.74, 6) is 0. The van der Waals surface area contributed by atoms with E-state index in [1.165, 1.54) is 24.0 Å². The minimum Gasteiger partial charge on any atom is -0.305 e. The van der Waals surface area contributed by atoms with Gasteiger partial charge in [-0.2, -0.15) is 5.10 Å². The van der Waals surface area contributed by atoms with Gasteiger partial charge in [0.2, 0.25) is 0 Å². The lowest BCUT2D eigenvalue weighted by Crippen LogP contribution is -2.23. The van der Waals surface area contributed by atoms with E-state index in [-0.39, 0.29) is 0 Å². The predicted octanol–water partition coefficient (Wildman–Crippen LogP) is 3.77. The number of aromatic amines is 1. The summed E-state index contributed by atoms with van der Waals surface area (Å²) in [4.78, 5) is 4.68. The van der Waals surface area contributed by atoms with E-state index in [0.717, 1.165) is 36.0 Å². The maximum absolute atomic E-state index is 6.33. The molecule has 5 heteroatoms. The van der Waals surface area contributed by atoms with E-state index in [4.69, 9.17) is 11.6 Å². The average Bonchev–Trinajstić information content (AvgIpc) is 3.10. The van der Waals surface area contributed by atoms with Gasteiger partial charge in [-0.05, 0) is 51.5 Å². The van der Waals surface area contributed by atoms with Gasteiger partial charge in [0.05, 0.1) is 16.4 Å². The Morgan fingerprint density at radius 1 is 1.30 bits per heavy atom. The fourth-order valence-electron chi connectivity index (χ4n) is 3.37. The summed E-state index contributed by atoms with van der Waals surface area (Å²) in [5.41, 5.74) is 4.66. The molecule has 1 aliphatic rings. The molecule has 23 heavy (non-hydrogen) atoms. The van der Waals surface area contributed by atoms with E-state index in [0.29, 0.717) is 6.04 Å². The van der Waals surface area contributed by atoms with E-state index in [9.17, 15) is 0 Å². The van der Waals surface area contributed by atoms with Gasteiger partial charge in [0.1, 0.15) is 0 Å². The van der Waals surface area contributed by atoms with Crippen LogP contribution in [0.25, 0.3) is 0 Å². The highest BCUT2D eigenvalue weighted by Gasteiger charge is 2.27. The molecule has 1 saturated heterocycles. The maximum Gasteiger partial charge on any atom is 0.0951 e. The number of H-pyrrole nitrogens is 1. The molecule has 1 aromatic heterocycles. The summed E-state index contributed by atoms with van der Waals surface area (Å²) < 4.78 is 0. The quantitative estimate of drug-likeness (QED) is 0.905. The number of aryl methyl sites for hydroxylation is 1. The van der Waals surface area contributed by atoms with Gasteiger partial charge in [-0.1, -0.05) is 35.9 Å². The Hall–Kier alpha value is -1.36. The smallest absolute Gasteiger partial charge is 0.0951 e. The van der Waals surface area contributed by atoms with Crippen molar-refractivity contribution in [3.8, 4) is 0 Å². The third-order valence-electron chi connectivity index (χ3n) is 4.52. The first-order valence-corrected chi connectivity index (χ1v) is 8.59. The molecule has 0 spiro atoms. The zero-order valence-corrected chi connectivity index (χ0v) is 14.9. The van der Waals surface area contributed by atoms with Gasteiger partial charge in [-0.25, -0.2) is 0 Å². The second-order valence-electron chi connectivity index (χ2n) is 6.72. The molecule has 0 aliphatic carbocycles. The summed E-state index contributed by atoms with van der Waals surface area (Å²) >= 11 is 6.33. The third-order valence-corrected chi connectivity index (χ3v) is 5.02. The summed E-state index contributed by atoms with van der Waals surface area (Å²) in [6.07, 6.45) is 2.43. The Bertz CT molecular complexity index is 648. The Balaban J connectivity index is 1.72. The van der Waals surface area contributed by atoms with Gasteiger partial charge < -0.3 is 4.90 Å². The maximum atomic E-state index is 6.33. The van der Waals surface area contributed by atoms with Crippen molar-refractivity contribution in [2.75, 3.05) is 20.6 Å². The van der Waals surface area contributed by atoms with Crippen molar-refractivity contribution in [1.29, 1.82) is 0 Å². The lowest BCUT2D eigenvalue weighted by molar-refractivity contribution is 0.245. The van der Waals surface area contributed by atoms with Crippen LogP contribution in [-0.4, -0.2) is 40.6 Å². The molecule has 1 aromatic carbocycles. The molecule has 124 valence electrons. The molecule has 2 heterocycles. The normalized spacial score (nSPS) is 18.9. The second kappa shape index (κ2) is 7.04. The van der Waals surface area contributed by atoms with Crippen molar-refractivity contribution < 1.29 is 0 Å². The lowest BCUT2D eigenvalue weighted by atomic mass is 10.0. The summed E-state index contributed by atoms with van der Waals surface area (Å²) in [6.45, 7) is 4.86. The van der Waals surface area contributed by atoms with Crippen molar-refractivity contribution in [3.63, 3.8) is 0 Å². The summed E-state index contributed by atoms with van der Waals surface area (Å²) in [6, 6.07) is 9.52. The van der Waals surface area contributed by atoms with Crippen LogP contribution in [0.4, 0.5) is 0 Å². The number of halogens is 1. The molecule has 2 aromatic rings. The van der Waals surface area contributed by atoms with Crippen LogP contribution in [0.5, 0.6) is 0 Å². The molecule has 1 N–H and O–H groups in total. The SMILES string of the molecule is Cc1[nH]nc(CN2CCC[C@@H]2c2ccc(CN(C)C)cc2)c1Cl. The van der Waals surface area contributed by atoms with Crippen molar-refractivity contribution in [3.05, 3.63) is 51.8 Å². The Kier molecular flexibility index (Phi) is 5.05. The molecule has 0 bridgehead atoms. The van der Waals surface area contributed by atoms with Crippen LogP contribution in [0.15, 0.2) is 24.3 Å². The first-order valence-electron chi connectivity index (χ1n) is 8.21. The van der Waals surface area contributed by atoms with Crippen LogP contribution in [0.1, 0.15) is 41.4 Å². The van der Waals surface area contributed by atoms with Crippen LogP contribution in [0.2, 0.25) is 5.02 Å². The van der Waals surface area contributed by atoms with Crippen molar-refractivity contribution in [1.82, 2.24) is 20.0 Å². The topological polar surface area (TPSA) is 35.2 Å². The largest absolute Gasteiger partial charge is 0.305 e. The van der Waals surface area contributed by atoms with Crippen LogP contribution in [0, 0.1) is 6.92 Å². The summed E-state index contributed by atoms with van der Waals surface area (Å²) in [7, 11) is 4.20. The van der Waals surface area contributed by atoms with Crippen molar-refractivity contribution in [2.24, 2.45) is 0 Å². The van der Waals surface area contributed by atoms with E-state index < -0.39 is 0 Å². The zero-order valence-electron chi connectivity index (χ0n) is 14.1. The third kappa shape index (κ3) is 3.77. The fourth-order valence-corrected chi connectivity index (χ4v) is 3.51. The monoisotopic (exact) mass is 332 g/mol. The number of rotatable bonds is 5. The van der Waals surface area contributed by atoms with Crippen LogP contribution in [0.3, 0.4) is 0 Å². The minimum atomic E-state index is 0.469. The van der Waals surface area contributed by atoms with Gasteiger partial charge in [0.15, 0.2) is 0 Å². The summed E-state index contributed by atoms with van der Waals surface area (Å²) in [5, 5.41) is 8.10. The number of nitrogens with zero attached hydrogens (tertiary/aromatic N) is 3. The van der Waals surface area contributed by atoms with Gasteiger partial charge in [-0.15, -0.1) is 0 Å². The number of hydrogen-bond donors (Lipinski definition) is 1. The molecule has 1 atom stereocenters. The van der Waals surface area contributed by atoms with E-state index in [2.05, 4.69) is 58.4 Å². The van der Waals surface area contributed by atoms with Gasteiger partial charge in [-0.3, -0.25) is 10.00 Å². The zero-order chi connectivity index (χ0) is 16.4. The van der Waals surface area contributed by atoms with E-state index in [1.54, 1.807) is 0 Å². The second-order valence-corrected chi connectivity index (χ2v) is 7.10. The van der Waals surface area contributed by atoms with Crippen molar-refractivity contribution >= 4 is 11.6 Å². The molecule has 0 unspecified atom stereocenters. The van der Waals surface area contributed by atoms with Crippen molar-refractivity contribution in [2.45, 2.75) is 38.9 Å². The molecule has 1 aliphatic heterocycles. The van der Waals surface area contributed by atoms with E-state index >= 15 is 0 Å². The Morgan fingerprint density at radius 3 is 2.65 bits per heavy atom. The van der Waals surface area contributed by atoms with Crippen LogP contribution >= 0.6 is 11.6 Å². The van der Waals surface area contributed by atoms with Gasteiger partial charge in [0, 0.05) is 19.1 Å². The molecule has 0 amide bonds. The molecule has 4 nitrogen and oxygen atoms in total. The number of benzene rings is 1. The highest BCUT2D eigenvalue weighted by Crippen LogP contribution is 2.34. The fraction of sp³-hybridized carbons (Fsp3) is 0.500. The van der Waals surface area contributed by atoms with E-state index in [1.807, 2.05) is 6.92 Å². The molecular weight excluding hydrogens is 308 g/mol. The molecular formula is C18H25ClN4. The predicted molar refractivity (Wildman–Crippen MR) is 94.6 cm³/mol. The number of aromatic nitrogens is 2. The Labute approximate surface area is 143 Å². The Morgan fingerprint density at radius 2 is 2.04 bits per heavy atom. The standard InChI is InChI=1S/C18H25ClN4/c1-13-18(19)16(21-20-13)12-23-10-4-5-17(23)15-8-6-14(7-9-15)11-22(2)3/h6-9,17H,4-5,10-12H2,1-3H3,(H,20,21)/t17-/m1/s1. The molecule has 1 fully saturated rings. The lowest BCUT2D eigenvalue weighted by Gasteiger charge is -2.24. The molecule has 0 saturated carbocycles. The highest BCUT2D eigenvalue weighted by molar-refractivity contribution is 6.31. The minimum absolute atomic E-state index is 0.469. The first kappa shape index (κ1) is 16.5. The molecule has 3 rings (SSSR count).